The summed E-state index contributed by atoms with van der Waals surface area (Å²) in [5.74, 6) is 7.07. The van der Waals surface area contributed by atoms with Crippen LogP contribution < -0.4 is 10.6 Å². The zero-order valence-electron chi connectivity index (χ0n) is 16.5. The van der Waals surface area contributed by atoms with Gasteiger partial charge < -0.3 is 4.74 Å². The lowest BCUT2D eigenvalue weighted by Gasteiger charge is -2.21. The van der Waals surface area contributed by atoms with Gasteiger partial charge >= 0.3 is 0 Å². The second kappa shape index (κ2) is 8.86. The Morgan fingerprint density at radius 1 is 1.08 bits per heavy atom. The van der Waals surface area contributed by atoms with Crippen LogP contribution in [-0.4, -0.2) is 24.1 Å². The van der Waals surface area contributed by atoms with E-state index in [-0.39, 0.29) is 11.9 Å². The molecule has 0 saturated heterocycles. The number of nitrogens with two attached hydrogens (primary N) is 1. The van der Waals surface area contributed by atoms with Crippen molar-refractivity contribution in [3.8, 4) is 16.9 Å². The van der Waals surface area contributed by atoms with E-state index in [0.29, 0.717) is 18.8 Å². The van der Waals surface area contributed by atoms with E-state index < -0.39 is 0 Å². The molecule has 0 bridgehead atoms. The average Bonchev–Trinajstić information content (AvgIpc) is 2.64. The number of amides is 1. The number of nitrogens with zero attached hydrogens (tertiary/aromatic N) is 1. The molecule has 0 saturated carbocycles. The molecule has 2 aromatic carbocycles. The van der Waals surface area contributed by atoms with Crippen molar-refractivity contribution in [1.29, 1.82) is 0 Å². The van der Waals surface area contributed by atoms with Crippen LogP contribution in [0.25, 0.3) is 11.1 Å². The molecule has 0 spiro atoms. The minimum atomic E-state index is -0.0438. The van der Waals surface area contributed by atoms with Crippen molar-refractivity contribution in [2.24, 2.45) is 5.84 Å². The summed E-state index contributed by atoms with van der Waals surface area (Å²) in [7, 11) is 1.69. The highest BCUT2D eigenvalue weighted by molar-refractivity contribution is 5.78. The van der Waals surface area contributed by atoms with E-state index in [4.69, 9.17) is 10.6 Å². The smallest absolute Gasteiger partial charge is 0.237 e. The molecule has 26 heavy (non-hydrogen) atoms. The Hall–Kier alpha value is -2.33. The molecule has 0 heterocycles. The van der Waals surface area contributed by atoms with Gasteiger partial charge in [-0.3, -0.25) is 9.80 Å². The standard InChI is InChI=1S/C22H30N2O2/c1-15(2)18-10-12-21(26-5)20(14-18)19-9-7-6-8-17(19)11-13-22(25)24(23)16(3)4/h6-10,12,14-16H,11,13,23H2,1-5H3. The molecule has 0 aliphatic heterocycles. The SMILES string of the molecule is COc1ccc(C(C)C)cc1-c1ccccc1CCC(=O)N(N)C(C)C. The highest BCUT2D eigenvalue weighted by Crippen LogP contribution is 2.35. The van der Waals surface area contributed by atoms with Crippen LogP contribution in [0.2, 0.25) is 0 Å². The van der Waals surface area contributed by atoms with Crippen LogP contribution in [-0.2, 0) is 11.2 Å². The maximum atomic E-state index is 12.2. The van der Waals surface area contributed by atoms with E-state index in [0.717, 1.165) is 22.4 Å². The van der Waals surface area contributed by atoms with Gasteiger partial charge in [0.05, 0.1) is 7.11 Å². The summed E-state index contributed by atoms with van der Waals surface area (Å²) in [5, 5.41) is 1.31. The molecule has 0 atom stereocenters. The van der Waals surface area contributed by atoms with Gasteiger partial charge in [-0.15, -0.1) is 0 Å². The third-order valence-electron chi connectivity index (χ3n) is 4.65. The van der Waals surface area contributed by atoms with Gasteiger partial charge in [-0.1, -0.05) is 44.2 Å². The van der Waals surface area contributed by atoms with Gasteiger partial charge in [0, 0.05) is 18.0 Å². The van der Waals surface area contributed by atoms with Crippen molar-refractivity contribution in [3.63, 3.8) is 0 Å². The number of methoxy groups -OCH3 is 1. The van der Waals surface area contributed by atoms with E-state index in [1.165, 1.54) is 10.6 Å². The normalized spacial score (nSPS) is 11.1. The molecule has 4 heteroatoms. The topological polar surface area (TPSA) is 55.6 Å². The first-order chi connectivity index (χ1) is 12.3. The number of hydrazine groups is 1. The summed E-state index contributed by atoms with van der Waals surface area (Å²) in [6.07, 6.45) is 1.03. The van der Waals surface area contributed by atoms with E-state index >= 15 is 0 Å². The van der Waals surface area contributed by atoms with Crippen LogP contribution in [0, 0.1) is 0 Å². The fraction of sp³-hybridized carbons (Fsp3) is 0.409. The molecule has 2 aromatic rings. The maximum absolute atomic E-state index is 12.2. The fourth-order valence-electron chi connectivity index (χ4n) is 2.95. The minimum Gasteiger partial charge on any atom is -0.496 e. The van der Waals surface area contributed by atoms with Crippen LogP contribution in [0.4, 0.5) is 0 Å². The summed E-state index contributed by atoms with van der Waals surface area (Å²) in [4.78, 5) is 12.2. The first-order valence-electron chi connectivity index (χ1n) is 9.18. The van der Waals surface area contributed by atoms with Crippen molar-refractivity contribution < 1.29 is 9.53 Å². The van der Waals surface area contributed by atoms with E-state index in [1.54, 1.807) is 7.11 Å². The summed E-state index contributed by atoms with van der Waals surface area (Å²) in [6, 6.07) is 14.5. The molecule has 0 unspecified atom stereocenters. The number of carbonyl (C=O) groups excluding carboxylic acids is 1. The number of aryl methyl sites for hydroxylation is 1. The molecule has 0 aliphatic carbocycles. The first kappa shape index (κ1) is 20.0. The minimum absolute atomic E-state index is 0.000520. The number of benzene rings is 2. The Bertz CT molecular complexity index is 754. The Balaban J connectivity index is 2.35. The summed E-state index contributed by atoms with van der Waals surface area (Å²) >= 11 is 0. The van der Waals surface area contributed by atoms with Gasteiger partial charge in [-0.2, -0.15) is 0 Å². The van der Waals surface area contributed by atoms with Crippen molar-refractivity contribution in [2.75, 3.05) is 7.11 Å². The lowest BCUT2D eigenvalue weighted by Crippen LogP contribution is -2.42. The van der Waals surface area contributed by atoms with Gasteiger partial charge in [-0.05, 0) is 55.0 Å². The molecule has 4 nitrogen and oxygen atoms in total. The first-order valence-corrected chi connectivity index (χ1v) is 9.18. The van der Waals surface area contributed by atoms with Gasteiger partial charge in [0.1, 0.15) is 5.75 Å². The number of hydrogen-bond acceptors (Lipinski definition) is 3. The van der Waals surface area contributed by atoms with Crippen molar-refractivity contribution in [3.05, 3.63) is 53.6 Å². The van der Waals surface area contributed by atoms with Crippen LogP contribution in [0.5, 0.6) is 5.75 Å². The molecule has 2 N–H and O–H groups in total. The highest BCUT2D eigenvalue weighted by Gasteiger charge is 2.16. The third-order valence-corrected chi connectivity index (χ3v) is 4.65. The largest absolute Gasteiger partial charge is 0.496 e. The molecule has 0 fully saturated rings. The van der Waals surface area contributed by atoms with Crippen LogP contribution in [0.1, 0.15) is 51.2 Å². The fourth-order valence-corrected chi connectivity index (χ4v) is 2.95. The zero-order valence-corrected chi connectivity index (χ0v) is 16.5. The monoisotopic (exact) mass is 354 g/mol. The third kappa shape index (κ3) is 4.64. The van der Waals surface area contributed by atoms with Crippen molar-refractivity contribution in [2.45, 2.75) is 52.5 Å². The van der Waals surface area contributed by atoms with E-state index in [1.807, 2.05) is 32.0 Å². The van der Waals surface area contributed by atoms with Gasteiger partial charge in [0.15, 0.2) is 0 Å². The predicted molar refractivity (Wildman–Crippen MR) is 107 cm³/mol. The maximum Gasteiger partial charge on any atom is 0.237 e. The number of carbonyl (C=O) groups is 1. The molecule has 140 valence electrons. The lowest BCUT2D eigenvalue weighted by atomic mass is 9.92. The summed E-state index contributed by atoms with van der Waals surface area (Å²) in [6.45, 7) is 8.18. The van der Waals surface area contributed by atoms with E-state index in [9.17, 15) is 4.79 Å². The van der Waals surface area contributed by atoms with Gasteiger partial charge in [-0.25, -0.2) is 5.84 Å². The zero-order chi connectivity index (χ0) is 19.3. The van der Waals surface area contributed by atoms with Crippen LogP contribution >= 0.6 is 0 Å². The Labute approximate surface area is 156 Å². The summed E-state index contributed by atoms with van der Waals surface area (Å²) in [5.41, 5.74) is 4.56. The molecule has 0 aliphatic rings. The highest BCUT2D eigenvalue weighted by atomic mass is 16.5. The molecule has 2 rings (SSSR count). The number of rotatable bonds is 7. The van der Waals surface area contributed by atoms with Crippen LogP contribution in [0.3, 0.4) is 0 Å². The van der Waals surface area contributed by atoms with E-state index in [2.05, 4.69) is 38.1 Å². The molecule has 0 aromatic heterocycles. The number of ether oxygens (including phenoxy) is 1. The Morgan fingerprint density at radius 3 is 2.38 bits per heavy atom. The van der Waals surface area contributed by atoms with Crippen molar-refractivity contribution in [1.82, 2.24) is 5.01 Å². The molecule has 1 amide bonds. The second-order valence-corrected chi connectivity index (χ2v) is 7.17. The molecular weight excluding hydrogens is 324 g/mol. The number of hydrogen-bond donors (Lipinski definition) is 1. The van der Waals surface area contributed by atoms with Gasteiger partial charge in [0.25, 0.3) is 0 Å². The average molecular weight is 354 g/mol. The predicted octanol–water partition coefficient (Wildman–Crippen LogP) is 4.53. The Morgan fingerprint density at radius 2 is 1.77 bits per heavy atom. The quantitative estimate of drug-likeness (QED) is 0.451. The lowest BCUT2D eigenvalue weighted by molar-refractivity contribution is -0.133. The molecular formula is C22H30N2O2. The second-order valence-electron chi connectivity index (χ2n) is 7.17. The Kier molecular flexibility index (Phi) is 6.81. The van der Waals surface area contributed by atoms with Crippen molar-refractivity contribution >= 4 is 5.91 Å². The van der Waals surface area contributed by atoms with Crippen LogP contribution in [0.15, 0.2) is 42.5 Å². The van der Waals surface area contributed by atoms with Gasteiger partial charge in [0.2, 0.25) is 5.91 Å². The summed E-state index contributed by atoms with van der Waals surface area (Å²) < 4.78 is 5.59. The molecule has 0 radical (unpaired) electrons.